The summed E-state index contributed by atoms with van der Waals surface area (Å²) >= 11 is 1.61. The zero-order valence-electron chi connectivity index (χ0n) is 9.37. The molecule has 3 rings (SSSR count). The van der Waals surface area contributed by atoms with Crippen LogP contribution in [0.1, 0.15) is 35.0 Å². The van der Waals surface area contributed by atoms with Gasteiger partial charge in [0.15, 0.2) is 5.82 Å². The number of rotatable bonds is 2. The molecule has 0 spiro atoms. The lowest BCUT2D eigenvalue weighted by atomic mass is 10.1. The smallest absolute Gasteiger partial charge is 0.184 e. The van der Waals surface area contributed by atoms with E-state index < -0.39 is 0 Å². The van der Waals surface area contributed by atoms with Crippen LogP contribution in [0.2, 0.25) is 0 Å². The second-order valence-corrected chi connectivity index (χ2v) is 5.60. The Morgan fingerprint density at radius 1 is 1.38 bits per heavy atom. The first-order valence-corrected chi connectivity index (χ1v) is 6.26. The molecular weight excluding hydrogens is 220 g/mol. The highest BCUT2D eigenvalue weighted by Crippen LogP contribution is 2.40. The number of thiophene rings is 1. The number of nitrogen functional groups attached to an aromatic ring is 1. The molecule has 2 aromatic heterocycles. The van der Waals surface area contributed by atoms with E-state index in [1.54, 1.807) is 11.3 Å². The molecule has 16 heavy (non-hydrogen) atoms. The summed E-state index contributed by atoms with van der Waals surface area (Å²) in [6.45, 7) is 4.15. The van der Waals surface area contributed by atoms with Gasteiger partial charge in [0.2, 0.25) is 0 Å². The summed E-state index contributed by atoms with van der Waals surface area (Å²) in [6, 6.07) is 0. The molecular formula is C11H14N4S. The van der Waals surface area contributed by atoms with Crippen molar-refractivity contribution in [3.05, 3.63) is 16.3 Å². The minimum Gasteiger partial charge on any atom is -0.390 e. The van der Waals surface area contributed by atoms with Crippen LogP contribution >= 0.6 is 11.3 Å². The molecule has 1 saturated carbocycles. The predicted octanol–water partition coefficient (Wildman–Crippen LogP) is 2.61. The zero-order chi connectivity index (χ0) is 11.3. The van der Waals surface area contributed by atoms with Crippen LogP contribution in [0, 0.1) is 13.8 Å². The molecule has 0 saturated heterocycles. The van der Waals surface area contributed by atoms with Gasteiger partial charge in [-0.05, 0) is 32.3 Å². The zero-order valence-corrected chi connectivity index (χ0v) is 10.2. The van der Waals surface area contributed by atoms with Gasteiger partial charge in [-0.15, -0.1) is 11.3 Å². The number of H-pyrrole nitrogens is 1. The molecule has 0 radical (unpaired) electrons. The molecule has 0 unspecified atom stereocenters. The van der Waals surface area contributed by atoms with Crippen molar-refractivity contribution in [3.8, 4) is 11.4 Å². The molecule has 84 valence electrons. The van der Waals surface area contributed by atoms with Gasteiger partial charge in [0.05, 0.1) is 10.6 Å². The fourth-order valence-corrected chi connectivity index (χ4v) is 2.79. The lowest BCUT2D eigenvalue weighted by molar-refractivity contribution is 0.935. The molecule has 1 fully saturated rings. The van der Waals surface area contributed by atoms with E-state index in [-0.39, 0.29) is 0 Å². The molecule has 2 aromatic rings. The molecule has 4 nitrogen and oxygen atoms in total. The molecule has 2 heterocycles. The van der Waals surface area contributed by atoms with Crippen LogP contribution in [0.4, 0.5) is 5.00 Å². The fourth-order valence-electron chi connectivity index (χ4n) is 1.86. The SMILES string of the molecule is Cc1sc(N)c(-c2n[nH]c(C3CC3)n2)c1C. The quantitative estimate of drug-likeness (QED) is 0.839. The summed E-state index contributed by atoms with van der Waals surface area (Å²) < 4.78 is 0. The Balaban J connectivity index is 2.06. The van der Waals surface area contributed by atoms with Gasteiger partial charge in [-0.1, -0.05) is 0 Å². The molecule has 0 aliphatic heterocycles. The number of nitrogens with zero attached hydrogens (tertiary/aromatic N) is 2. The monoisotopic (exact) mass is 234 g/mol. The van der Waals surface area contributed by atoms with Crippen molar-refractivity contribution in [2.24, 2.45) is 0 Å². The molecule has 0 aromatic carbocycles. The number of hydrogen-bond donors (Lipinski definition) is 2. The van der Waals surface area contributed by atoms with E-state index >= 15 is 0 Å². The van der Waals surface area contributed by atoms with E-state index in [1.165, 1.54) is 23.3 Å². The molecule has 1 aliphatic carbocycles. The van der Waals surface area contributed by atoms with Gasteiger partial charge in [-0.2, -0.15) is 5.10 Å². The van der Waals surface area contributed by atoms with Gasteiger partial charge < -0.3 is 5.73 Å². The van der Waals surface area contributed by atoms with Gasteiger partial charge in [0.1, 0.15) is 5.82 Å². The van der Waals surface area contributed by atoms with Gasteiger partial charge >= 0.3 is 0 Å². The molecule has 0 atom stereocenters. The first kappa shape index (κ1) is 9.84. The predicted molar refractivity (Wildman–Crippen MR) is 65.6 cm³/mol. The van der Waals surface area contributed by atoms with Crippen molar-refractivity contribution in [1.82, 2.24) is 15.2 Å². The van der Waals surface area contributed by atoms with E-state index in [2.05, 4.69) is 29.0 Å². The molecule has 3 N–H and O–H groups in total. The summed E-state index contributed by atoms with van der Waals surface area (Å²) in [5.74, 6) is 2.36. The van der Waals surface area contributed by atoms with Gasteiger partial charge in [0.25, 0.3) is 0 Å². The van der Waals surface area contributed by atoms with Gasteiger partial charge in [-0.25, -0.2) is 4.98 Å². The molecule has 1 aliphatic rings. The normalized spacial score (nSPS) is 15.6. The van der Waals surface area contributed by atoms with Crippen LogP contribution in [-0.4, -0.2) is 15.2 Å². The summed E-state index contributed by atoms with van der Waals surface area (Å²) in [5, 5.41) is 8.11. The molecule has 0 amide bonds. The first-order chi connectivity index (χ1) is 7.66. The van der Waals surface area contributed by atoms with Crippen LogP contribution in [0.5, 0.6) is 0 Å². The molecule has 5 heteroatoms. The van der Waals surface area contributed by atoms with Crippen molar-refractivity contribution in [3.63, 3.8) is 0 Å². The fraction of sp³-hybridized carbons (Fsp3) is 0.455. The Morgan fingerprint density at radius 2 is 2.12 bits per heavy atom. The third kappa shape index (κ3) is 1.43. The number of nitrogens with one attached hydrogen (secondary N) is 1. The summed E-state index contributed by atoms with van der Waals surface area (Å²) in [7, 11) is 0. The number of aryl methyl sites for hydroxylation is 1. The topological polar surface area (TPSA) is 67.6 Å². The average Bonchev–Trinajstić information content (AvgIpc) is 2.93. The van der Waals surface area contributed by atoms with Crippen molar-refractivity contribution in [2.75, 3.05) is 5.73 Å². The van der Waals surface area contributed by atoms with E-state index in [4.69, 9.17) is 5.73 Å². The van der Waals surface area contributed by atoms with Crippen LogP contribution < -0.4 is 5.73 Å². The van der Waals surface area contributed by atoms with Crippen LogP contribution in [0.3, 0.4) is 0 Å². The minimum atomic E-state index is 0.600. The highest BCUT2D eigenvalue weighted by Gasteiger charge is 2.28. The maximum Gasteiger partial charge on any atom is 0.184 e. The Kier molecular flexibility index (Phi) is 2.04. The second-order valence-electron chi connectivity index (χ2n) is 4.34. The lowest BCUT2D eigenvalue weighted by Crippen LogP contribution is -1.88. The van der Waals surface area contributed by atoms with Crippen molar-refractivity contribution in [2.45, 2.75) is 32.6 Å². The van der Waals surface area contributed by atoms with Crippen molar-refractivity contribution in [1.29, 1.82) is 0 Å². The Morgan fingerprint density at radius 3 is 2.69 bits per heavy atom. The summed E-state index contributed by atoms with van der Waals surface area (Å²) in [6.07, 6.45) is 2.46. The van der Waals surface area contributed by atoms with Crippen molar-refractivity contribution >= 4 is 16.3 Å². The lowest BCUT2D eigenvalue weighted by Gasteiger charge is -1.95. The third-order valence-electron chi connectivity index (χ3n) is 3.10. The Hall–Kier alpha value is -1.36. The highest BCUT2D eigenvalue weighted by atomic mass is 32.1. The van der Waals surface area contributed by atoms with E-state index in [0.717, 1.165) is 22.2 Å². The van der Waals surface area contributed by atoms with E-state index in [1.807, 2.05) is 0 Å². The summed E-state index contributed by atoms with van der Waals surface area (Å²) in [5.41, 5.74) is 8.20. The van der Waals surface area contributed by atoms with Crippen LogP contribution in [0.25, 0.3) is 11.4 Å². The Labute approximate surface area is 97.9 Å². The second kappa shape index (κ2) is 3.31. The van der Waals surface area contributed by atoms with E-state index in [9.17, 15) is 0 Å². The largest absolute Gasteiger partial charge is 0.390 e. The number of aromatic amines is 1. The third-order valence-corrected chi connectivity index (χ3v) is 4.14. The summed E-state index contributed by atoms with van der Waals surface area (Å²) in [4.78, 5) is 5.78. The van der Waals surface area contributed by atoms with Gasteiger partial charge in [-0.3, -0.25) is 5.10 Å². The number of anilines is 1. The molecule has 0 bridgehead atoms. The average molecular weight is 234 g/mol. The Bertz CT molecular complexity index is 536. The van der Waals surface area contributed by atoms with E-state index in [0.29, 0.717) is 5.92 Å². The minimum absolute atomic E-state index is 0.600. The highest BCUT2D eigenvalue weighted by molar-refractivity contribution is 7.16. The number of nitrogens with two attached hydrogens (primary N) is 1. The van der Waals surface area contributed by atoms with Gasteiger partial charge in [0, 0.05) is 10.8 Å². The number of aromatic nitrogens is 3. The first-order valence-electron chi connectivity index (χ1n) is 5.45. The standard InChI is InChI=1S/C11H14N4S/c1-5-6(2)16-9(12)8(5)11-13-10(14-15-11)7-3-4-7/h7H,3-4,12H2,1-2H3,(H,13,14,15). The maximum atomic E-state index is 6.00. The van der Waals surface area contributed by atoms with Crippen molar-refractivity contribution < 1.29 is 0 Å². The van der Waals surface area contributed by atoms with Crippen LogP contribution in [-0.2, 0) is 0 Å². The van der Waals surface area contributed by atoms with Crippen LogP contribution in [0.15, 0.2) is 0 Å². The maximum absolute atomic E-state index is 6.00. The number of hydrogen-bond acceptors (Lipinski definition) is 4.